The molecule has 1 saturated heterocycles. The van der Waals surface area contributed by atoms with E-state index in [0.29, 0.717) is 0 Å². The summed E-state index contributed by atoms with van der Waals surface area (Å²) >= 11 is 0. The lowest BCUT2D eigenvalue weighted by atomic mass is 9.83. The van der Waals surface area contributed by atoms with Gasteiger partial charge in [-0.25, -0.2) is 0 Å². The minimum Gasteiger partial charge on any atom is -0.393 e. The van der Waals surface area contributed by atoms with E-state index in [9.17, 15) is 10.2 Å². The summed E-state index contributed by atoms with van der Waals surface area (Å²) in [6.45, 7) is 1.58. The second-order valence-corrected chi connectivity index (χ2v) is 3.69. The molecule has 0 saturated carbocycles. The van der Waals surface area contributed by atoms with Gasteiger partial charge in [0.15, 0.2) is 0 Å². The third-order valence-electron chi connectivity index (χ3n) is 3.01. The summed E-state index contributed by atoms with van der Waals surface area (Å²) < 4.78 is 10.8. The van der Waals surface area contributed by atoms with Crippen LogP contribution in [0.5, 0.6) is 0 Å². The quantitative estimate of drug-likeness (QED) is 0.521. The zero-order valence-corrected chi connectivity index (χ0v) is 8.36. The molecule has 0 aromatic rings. The third kappa shape index (κ3) is 1.61. The zero-order chi connectivity index (χ0) is 10.1. The predicted octanol–water partition coefficient (Wildman–Crippen LogP) is -1.65. The van der Waals surface area contributed by atoms with E-state index >= 15 is 0 Å². The van der Waals surface area contributed by atoms with Crippen LogP contribution in [0.4, 0.5) is 0 Å². The van der Waals surface area contributed by atoms with Crippen molar-refractivity contribution >= 4 is 7.85 Å². The number of ether oxygens (including phenoxy) is 2. The van der Waals surface area contributed by atoms with Crippen molar-refractivity contribution in [3.05, 3.63) is 0 Å². The van der Waals surface area contributed by atoms with Crippen molar-refractivity contribution in [2.24, 2.45) is 5.92 Å². The Morgan fingerprint density at radius 2 is 2.00 bits per heavy atom. The van der Waals surface area contributed by atoms with Crippen LogP contribution < -0.4 is 0 Å². The summed E-state index contributed by atoms with van der Waals surface area (Å²) in [5, 5.41) is 18.4. The largest absolute Gasteiger partial charge is 0.393 e. The summed E-state index contributed by atoms with van der Waals surface area (Å²) in [5.74, 6) is 0.00231. The van der Waals surface area contributed by atoms with E-state index in [4.69, 9.17) is 9.47 Å². The van der Waals surface area contributed by atoms with Gasteiger partial charge in [-0.3, -0.25) is 0 Å². The van der Waals surface area contributed by atoms with Gasteiger partial charge >= 0.3 is 0 Å². The van der Waals surface area contributed by atoms with Gasteiger partial charge in [-0.15, -0.1) is 0 Å². The molecule has 1 aliphatic rings. The van der Waals surface area contributed by atoms with Crippen LogP contribution in [0, 0.1) is 5.92 Å². The van der Waals surface area contributed by atoms with E-state index in [0.717, 1.165) is 0 Å². The number of methoxy groups -OCH3 is 1. The van der Waals surface area contributed by atoms with Crippen molar-refractivity contribution in [1.29, 1.82) is 0 Å². The Morgan fingerprint density at radius 1 is 1.46 bits per heavy atom. The number of hydrogen-bond donors (Lipinski definition) is 2. The van der Waals surface area contributed by atoms with Gasteiger partial charge in [0.05, 0.1) is 25.3 Å². The maximum atomic E-state index is 9.18. The van der Waals surface area contributed by atoms with E-state index in [1.165, 1.54) is 0 Å². The monoisotopic (exact) mass is 188 g/mol. The normalized spacial score (nSPS) is 38.0. The molecular weight excluding hydrogens is 171 g/mol. The Hall–Kier alpha value is -0.0951. The highest BCUT2D eigenvalue weighted by molar-refractivity contribution is 6.11. The van der Waals surface area contributed by atoms with Gasteiger partial charge in [-0.05, 0) is 0 Å². The fourth-order valence-corrected chi connectivity index (χ4v) is 2.06. The standard InChI is InChI=1S/C8H17BO4/c1-5-6(12-2)7(9)13-8(5,3-10)4-11/h5-7,10-11H,3-4,9H2,1-2H3/t5?,6-,7+/m0/s1. The lowest BCUT2D eigenvalue weighted by molar-refractivity contribution is -0.0991. The van der Waals surface area contributed by atoms with Crippen LogP contribution in [0.1, 0.15) is 6.92 Å². The van der Waals surface area contributed by atoms with Crippen molar-refractivity contribution in [1.82, 2.24) is 0 Å². The first kappa shape index (κ1) is 11.0. The molecule has 76 valence electrons. The minimum absolute atomic E-state index is 0.00231. The number of hydrogen-bond acceptors (Lipinski definition) is 4. The first-order valence-electron chi connectivity index (χ1n) is 4.53. The lowest BCUT2D eigenvalue weighted by Gasteiger charge is -2.29. The molecule has 1 heterocycles. The summed E-state index contributed by atoms with van der Waals surface area (Å²) in [5.41, 5.74) is -0.833. The van der Waals surface area contributed by atoms with Gasteiger partial charge in [-0.1, -0.05) is 6.92 Å². The van der Waals surface area contributed by atoms with Crippen LogP contribution >= 0.6 is 0 Å². The Labute approximate surface area is 79.3 Å². The fourth-order valence-electron chi connectivity index (χ4n) is 2.06. The molecular formula is C8H17BO4. The molecule has 0 bridgehead atoms. The Morgan fingerprint density at radius 3 is 2.23 bits per heavy atom. The van der Waals surface area contributed by atoms with Crippen molar-refractivity contribution in [3.8, 4) is 0 Å². The molecule has 0 aromatic carbocycles. The van der Waals surface area contributed by atoms with E-state index in [2.05, 4.69) is 0 Å². The van der Waals surface area contributed by atoms with Crippen LogP contribution in [0.25, 0.3) is 0 Å². The molecule has 0 aliphatic carbocycles. The maximum absolute atomic E-state index is 9.18. The molecule has 13 heavy (non-hydrogen) atoms. The second-order valence-electron chi connectivity index (χ2n) is 3.69. The lowest BCUT2D eigenvalue weighted by Crippen LogP contribution is -2.44. The summed E-state index contributed by atoms with van der Waals surface area (Å²) in [4.78, 5) is 0. The van der Waals surface area contributed by atoms with Crippen molar-refractivity contribution < 1.29 is 19.7 Å². The highest BCUT2D eigenvalue weighted by Gasteiger charge is 2.50. The van der Waals surface area contributed by atoms with Crippen molar-refractivity contribution in [3.63, 3.8) is 0 Å². The van der Waals surface area contributed by atoms with E-state index in [1.807, 2.05) is 14.8 Å². The molecule has 4 nitrogen and oxygen atoms in total. The Balaban J connectivity index is 2.80. The molecule has 1 aliphatic heterocycles. The molecule has 0 spiro atoms. The molecule has 0 aromatic heterocycles. The minimum atomic E-state index is -0.833. The van der Waals surface area contributed by atoms with Crippen LogP contribution in [0.15, 0.2) is 0 Å². The Bertz CT molecular complexity index is 172. The fraction of sp³-hybridized carbons (Fsp3) is 1.00. The van der Waals surface area contributed by atoms with E-state index < -0.39 is 5.60 Å². The van der Waals surface area contributed by atoms with Gasteiger partial charge in [0.25, 0.3) is 0 Å². The maximum Gasteiger partial charge on any atom is 0.142 e. The summed E-state index contributed by atoms with van der Waals surface area (Å²) in [6, 6.07) is -0.0840. The number of aliphatic hydroxyl groups is 2. The molecule has 1 unspecified atom stereocenters. The SMILES string of the molecule is B[C@@H]1OC(CO)(CO)C(C)[C@@H]1OC. The highest BCUT2D eigenvalue weighted by Crippen LogP contribution is 2.36. The third-order valence-corrected chi connectivity index (χ3v) is 3.01. The van der Waals surface area contributed by atoms with Crippen LogP contribution in [-0.2, 0) is 9.47 Å². The zero-order valence-electron chi connectivity index (χ0n) is 8.36. The van der Waals surface area contributed by atoms with Gasteiger partial charge in [-0.2, -0.15) is 0 Å². The van der Waals surface area contributed by atoms with Gasteiger partial charge in [0.1, 0.15) is 13.4 Å². The molecule has 1 fully saturated rings. The summed E-state index contributed by atoms with van der Waals surface area (Å²) in [6.07, 6.45) is -0.0562. The first-order chi connectivity index (χ1) is 6.11. The van der Waals surface area contributed by atoms with Crippen molar-refractivity contribution in [2.75, 3.05) is 20.3 Å². The average Bonchev–Trinajstić information content (AvgIpc) is 2.38. The van der Waals surface area contributed by atoms with Gasteiger partial charge in [0.2, 0.25) is 0 Å². The molecule has 1 rings (SSSR count). The topological polar surface area (TPSA) is 58.9 Å². The molecule has 0 amide bonds. The molecule has 3 atom stereocenters. The van der Waals surface area contributed by atoms with Crippen LogP contribution in [0.3, 0.4) is 0 Å². The van der Waals surface area contributed by atoms with Crippen molar-refractivity contribution in [2.45, 2.75) is 24.6 Å². The smallest absolute Gasteiger partial charge is 0.142 e. The molecule has 5 heteroatoms. The highest BCUT2D eigenvalue weighted by atomic mass is 16.6. The summed E-state index contributed by atoms with van der Waals surface area (Å²) in [7, 11) is 3.50. The predicted molar refractivity (Wildman–Crippen MR) is 50.3 cm³/mol. The van der Waals surface area contributed by atoms with E-state index in [1.54, 1.807) is 7.11 Å². The number of rotatable bonds is 3. The molecule has 0 radical (unpaired) electrons. The van der Waals surface area contributed by atoms with Gasteiger partial charge < -0.3 is 19.7 Å². The Kier molecular flexibility index (Phi) is 3.35. The van der Waals surface area contributed by atoms with Crippen LogP contribution in [-0.4, -0.2) is 56.1 Å². The molecule has 2 N–H and O–H groups in total. The first-order valence-corrected chi connectivity index (χ1v) is 4.53. The number of aliphatic hydroxyl groups excluding tert-OH is 2. The van der Waals surface area contributed by atoms with Gasteiger partial charge in [0, 0.05) is 13.0 Å². The van der Waals surface area contributed by atoms with Crippen LogP contribution in [0.2, 0.25) is 0 Å². The van der Waals surface area contributed by atoms with E-state index in [-0.39, 0.29) is 31.2 Å². The second kappa shape index (κ2) is 3.96. The average molecular weight is 188 g/mol.